The van der Waals surface area contributed by atoms with Gasteiger partial charge in [0, 0.05) is 37.3 Å². The number of benzene rings is 2. The first kappa shape index (κ1) is 17.3. The van der Waals surface area contributed by atoms with Crippen LogP contribution < -0.4 is 10.2 Å². The normalized spacial score (nSPS) is 14.4. The molecular weight excluding hydrogens is 336 g/mol. The molecule has 1 N–H and O–H groups in total. The lowest BCUT2D eigenvalue weighted by Crippen LogP contribution is -2.50. The molecule has 0 unspecified atom stereocenters. The van der Waals surface area contributed by atoms with E-state index in [9.17, 15) is 4.79 Å². The van der Waals surface area contributed by atoms with Crippen LogP contribution in [0.15, 0.2) is 54.6 Å². The maximum absolute atomic E-state index is 12.5. The van der Waals surface area contributed by atoms with Gasteiger partial charge in [0.25, 0.3) is 0 Å². The van der Waals surface area contributed by atoms with Crippen LogP contribution >= 0.6 is 0 Å². The Morgan fingerprint density at radius 3 is 2.41 bits per heavy atom. The quantitative estimate of drug-likeness (QED) is 0.745. The first-order chi connectivity index (χ1) is 13.1. The highest BCUT2D eigenvalue weighted by atomic mass is 16.2. The fraction of sp³-hybridized carbons (Fsp3) is 0.273. The second kappa shape index (κ2) is 7.27. The molecule has 0 radical (unpaired) electrons. The molecule has 1 fully saturated rings. The molecule has 2 aromatic carbocycles. The lowest BCUT2D eigenvalue weighted by atomic mass is 10.1. The van der Waals surface area contributed by atoms with Crippen LogP contribution in [0.25, 0.3) is 10.9 Å². The standard InChI is InChI=1S/C22H24N4O/c1-16-7-6-10-19-17(2)15-20(24-21(16)19)25-11-13-26(14-12-25)22(27)23-18-8-4-3-5-9-18/h3-10,15H,11-14H2,1-2H3,(H,23,27). The minimum absolute atomic E-state index is 0.0423. The number of hydrogen-bond acceptors (Lipinski definition) is 3. The highest BCUT2D eigenvalue weighted by Crippen LogP contribution is 2.25. The van der Waals surface area contributed by atoms with E-state index in [0.717, 1.165) is 30.1 Å². The van der Waals surface area contributed by atoms with E-state index in [0.29, 0.717) is 13.1 Å². The van der Waals surface area contributed by atoms with E-state index >= 15 is 0 Å². The second-order valence-electron chi connectivity index (χ2n) is 7.04. The Morgan fingerprint density at radius 2 is 1.67 bits per heavy atom. The third kappa shape index (κ3) is 3.58. The topological polar surface area (TPSA) is 48.5 Å². The van der Waals surface area contributed by atoms with Crippen LogP contribution in [0.4, 0.5) is 16.3 Å². The van der Waals surface area contributed by atoms with Gasteiger partial charge in [-0.1, -0.05) is 36.4 Å². The fourth-order valence-electron chi connectivity index (χ4n) is 3.57. The Hall–Kier alpha value is -3.08. The number of urea groups is 1. The van der Waals surface area contributed by atoms with Gasteiger partial charge in [0.05, 0.1) is 5.52 Å². The number of pyridine rings is 1. The summed E-state index contributed by atoms with van der Waals surface area (Å²) in [5, 5.41) is 4.17. The zero-order valence-electron chi connectivity index (χ0n) is 15.8. The smallest absolute Gasteiger partial charge is 0.321 e. The van der Waals surface area contributed by atoms with Gasteiger partial charge in [-0.3, -0.25) is 0 Å². The van der Waals surface area contributed by atoms with Crippen LogP contribution in [0, 0.1) is 13.8 Å². The van der Waals surface area contributed by atoms with Gasteiger partial charge in [0.2, 0.25) is 0 Å². The van der Waals surface area contributed by atoms with E-state index in [1.54, 1.807) is 0 Å². The average Bonchev–Trinajstić information content (AvgIpc) is 2.69. The van der Waals surface area contributed by atoms with Crippen molar-refractivity contribution in [2.45, 2.75) is 13.8 Å². The third-order valence-corrected chi connectivity index (χ3v) is 5.15. The Kier molecular flexibility index (Phi) is 4.67. The second-order valence-corrected chi connectivity index (χ2v) is 7.04. The van der Waals surface area contributed by atoms with E-state index in [2.05, 4.69) is 48.3 Å². The van der Waals surface area contributed by atoms with Gasteiger partial charge < -0.3 is 15.1 Å². The molecule has 2 heterocycles. The molecule has 27 heavy (non-hydrogen) atoms. The summed E-state index contributed by atoms with van der Waals surface area (Å²) in [5.41, 5.74) is 4.32. The molecule has 0 aliphatic carbocycles. The summed E-state index contributed by atoms with van der Waals surface area (Å²) in [5.74, 6) is 0.998. The van der Waals surface area contributed by atoms with Crippen molar-refractivity contribution in [2.75, 3.05) is 36.4 Å². The predicted molar refractivity (Wildman–Crippen MR) is 110 cm³/mol. The number of para-hydroxylation sites is 2. The van der Waals surface area contributed by atoms with Crippen molar-refractivity contribution in [1.82, 2.24) is 9.88 Å². The number of anilines is 2. The average molecular weight is 360 g/mol. The summed E-state index contributed by atoms with van der Waals surface area (Å²) in [7, 11) is 0. The number of aryl methyl sites for hydroxylation is 2. The lowest BCUT2D eigenvalue weighted by Gasteiger charge is -2.35. The molecule has 3 aromatic rings. The summed E-state index contributed by atoms with van der Waals surface area (Å²) in [6.45, 7) is 7.18. The summed E-state index contributed by atoms with van der Waals surface area (Å²) in [6.07, 6.45) is 0. The number of aromatic nitrogens is 1. The van der Waals surface area contributed by atoms with Crippen molar-refractivity contribution in [3.05, 3.63) is 65.7 Å². The number of nitrogens with one attached hydrogen (secondary N) is 1. The van der Waals surface area contributed by atoms with Crippen LogP contribution in [-0.2, 0) is 0 Å². The minimum Gasteiger partial charge on any atom is -0.353 e. The van der Waals surface area contributed by atoms with Crippen LogP contribution in [0.2, 0.25) is 0 Å². The summed E-state index contributed by atoms with van der Waals surface area (Å²) >= 11 is 0. The maximum Gasteiger partial charge on any atom is 0.321 e. The van der Waals surface area contributed by atoms with Crippen molar-refractivity contribution in [1.29, 1.82) is 0 Å². The first-order valence-corrected chi connectivity index (χ1v) is 9.35. The number of nitrogens with zero attached hydrogens (tertiary/aromatic N) is 3. The van der Waals surface area contributed by atoms with Gasteiger partial charge in [-0.2, -0.15) is 0 Å². The minimum atomic E-state index is -0.0423. The Balaban J connectivity index is 1.45. The van der Waals surface area contributed by atoms with Gasteiger partial charge in [0.15, 0.2) is 0 Å². The highest BCUT2D eigenvalue weighted by molar-refractivity contribution is 5.89. The van der Waals surface area contributed by atoms with Gasteiger partial charge in [0.1, 0.15) is 5.82 Å². The molecule has 0 saturated carbocycles. The summed E-state index contributed by atoms with van der Waals surface area (Å²) in [4.78, 5) is 21.5. The van der Waals surface area contributed by atoms with Gasteiger partial charge in [-0.25, -0.2) is 9.78 Å². The SMILES string of the molecule is Cc1cc(N2CCN(C(=O)Nc3ccccc3)CC2)nc2c(C)cccc12. The van der Waals surface area contributed by atoms with Crippen molar-refractivity contribution in [2.24, 2.45) is 0 Å². The van der Waals surface area contributed by atoms with Crippen LogP contribution in [0.3, 0.4) is 0 Å². The number of rotatable bonds is 2. The number of piperazine rings is 1. The van der Waals surface area contributed by atoms with E-state index in [-0.39, 0.29) is 6.03 Å². The highest BCUT2D eigenvalue weighted by Gasteiger charge is 2.22. The molecule has 1 aromatic heterocycles. The monoisotopic (exact) mass is 360 g/mol. The Labute approximate surface area is 159 Å². The predicted octanol–water partition coefficient (Wildman–Crippen LogP) is 4.21. The largest absolute Gasteiger partial charge is 0.353 e. The van der Waals surface area contributed by atoms with E-state index in [1.807, 2.05) is 35.2 Å². The van der Waals surface area contributed by atoms with Crippen molar-refractivity contribution in [3.63, 3.8) is 0 Å². The third-order valence-electron chi connectivity index (χ3n) is 5.15. The molecule has 4 rings (SSSR count). The van der Waals surface area contributed by atoms with Crippen LogP contribution in [0.1, 0.15) is 11.1 Å². The van der Waals surface area contributed by atoms with Gasteiger partial charge in [-0.05, 0) is 43.2 Å². The summed E-state index contributed by atoms with van der Waals surface area (Å²) in [6, 6.07) is 18.0. The number of hydrogen-bond donors (Lipinski definition) is 1. The molecular formula is C22H24N4O. The number of fused-ring (bicyclic) bond motifs is 1. The molecule has 2 amide bonds. The van der Waals surface area contributed by atoms with Crippen molar-refractivity contribution >= 4 is 28.4 Å². The number of carbonyl (C=O) groups is 1. The molecule has 0 atom stereocenters. The van der Waals surface area contributed by atoms with E-state index < -0.39 is 0 Å². The van der Waals surface area contributed by atoms with Crippen molar-refractivity contribution < 1.29 is 4.79 Å². The molecule has 1 saturated heterocycles. The maximum atomic E-state index is 12.5. The molecule has 1 aliphatic rings. The van der Waals surface area contributed by atoms with Gasteiger partial charge in [-0.15, -0.1) is 0 Å². The Morgan fingerprint density at radius 1 is 0.926 bits per heavy atom. The van der Waals surface area contributed by atoms with Crippen LogP contribution in [-0.4, -0.2) is 42.1 Å². The Bertz CT molecular complexity index is 963. The lowest BCUT2D eigenvalue weighted by molar-refractivity contribution is 0.208. The van der Waals surface area contributed by atoms with Crippen LogP contribution in [0.5, 0.6) is 0 Å². The van der Waals surface area contributed by atoms with Crippen molar-refractivity contribution in [3.8, 4) is 0 Å². The van der Waals surface area contributed by atoms with E-state index in [1.165, 1.54) is 16.5 Å². The molecule has 0 spiro atoms. The first-order valence-electron chi connectivity index (χ1n) is 9.35. The molecule has 0 bridgehead atoms. The molecule has 5 heteroatoms. The summed E-state index contributed by atoms with van der Waals surface area (Å²) < 4.78 is 0. The van der Waals surface area contributed by atoms with Gasteiger partial charge >= 0.3 is 6.03 Å². The molecule has 5 nitrogen and oxygen atoms in total. The zero-order valence-corrected chi connectivity index (χ0v) is 15.8. The fourth-order valence-corrected chi connectivity index (χ4v) is 3.57. The number of carbonyl (C=O) groups excluding carboxylic acids is 1. The van der Waals surface area contributed by atoms with E-state index in [4.69, 9.17) is 4.98 Å². The molecule has 138 valence electrons. The zero-order chi connectivity index (χ0) is 18.8. The number of amides is 2. The molecule has 1 aliphatic heterocycles.